The zero-order valence-electron chi connectivity index (χ0n) is 15.0. The van der Waals surface area contributed by atoms with Crippen molar-refractivity contribution in [1.29, 1.82) is 0 Å². The summed E-state index contributed by atoms with van der Waals surface area (Å²) in [5.74, 6) is 1.16. The first kappa shape index (κ1) is 19.4. The topological polar surface area (TPSA) is 0 Å². The Morgan fingerprint density at radius 1 is 1.23 bits per heavy atom. The number of halogens is 1. The smallest absolute Gasteiger partial charge is 0.123 e. The zero-order chi connectivity index (χ0) is 16.9. The van der Waals surface area contributed by atoms with Crippen LogP contribution < -0.4 is 0 Å². The minimum atomic E-state index is -0.152. The highest BCUT2D eigenvalue weighted by Crippen LogP contribution is 2.42. The van der Waals surface area contributed by atoms with Gasteiger partial charge in [-0.05, 0) is 66.7 Å². The summed E-state index contributed by atoms with van der Waals surface area (Å²) in [6, 6.07) is 5.09. The Bertz CT molecular complexity index is 512. The lowest BCUT2D eigenvalue weighted by atomic mass is 9.67. The Kier molecular flexibility index (Phi) is 7.26. The summed E-state index contributed by atoms with van der Waals surface area (Å²) in [6.07, 6.45) is 5.65. The number of hydrogen-bond acceptors (Lipinski definition) is 0. The molecule has 0 spiro atoms. The highest BCUT2D eigenvalue weighted by atomic mass is 31.0. The normalized spacial score (nSPS) is 14.5. The Morgan fingerprint density at radius 3 is 2.27 bits per heavy atom. The summed E-state index contributed by atoms with van der Waals surface area (Å²) in [4.78, 5) is 0. The minimum Gasteiger partial charge on any atom is -0.207 e. The van der Waals surface area contributed by atoms with Crippen molar-refractivity contribution in [3.8, 4) is 0 Å². The molecule has 0 nitrogen and oxygen atoms in total. The van der Waals surface area contributed by atoms with E-state index in [4.69, 9.17) is 0 Å². The Balaban J connectivity index is 3.05. The monoisotopic (exact) mass is 322 g/mol. The molecular formula is C20H32FP. The molecule has 0 saturated heterocycles. The summed E-state index contributed by atoms with van der Waals surface area (Å²) in [5, 5.41) is 1.31. The van der Waals surface area contributed by atoms with Crippen LogP contribution in [0.4, 0.5) is 4.39 Å². The van der Waals surface area contributed by atoms with Crippen molar-refractivity contribution < 1.29 is 4.39 Å². The average Bonchev–Trinajstić information content (AvgIpc) is 2.47. The summed E-state index contributed by atoms with van der Waals surface area (Å²) in [7, 11) is 2.91. The van der Waals surface area contributed by atoms with E-state index < -0.39 is 0 Å². The number of allylic oxidation sites excluding steroid dienone is 2. The third-order valence-corrected chi connectivity index (χ3v) is 5.77. The maximum Gasteiger partial charge on any atom is 0.123 e. The standard InChI is InChI=1S/C20H32FP/c1-7-20(8-2,16(6)14(3)4)13-19(22)12-17-9-10-18(21)11-15(17)5/h9-11,13-14,16H,7-8,12,22H2,1-6H3/b19-13-. The molecule has 22 heavy (non-hydrogen) atoms. The highest BCUT2D eigenvalue weighted by Gasteiger charge is 2.32. The van der Waals surface area contributed by atoms with E-state index in [1.54, 1.807) is 12.1 Å². The summed E-state index contributed by atoms with van der Waals surface area (Å²) >= 11 is 0. The van der Waals surface area contributed by atoms with Crippen molar-refractivity contribution in [2.75, 3.05) is 0 Å². The van der Waals surface area contributed by atoms with Crippen LogP contribution in [0.3, 0.4) is 0 Å². The highest BCUT2D eigenvalue weighted by molar-refractivity contribution is 7.22. The first-order valence-electron chi connectivity index (χ1n) is 8.48. The molecule has 0 heterocycles. The van der Waals surface area contributed by atoms with Crippen LogP contribution >= 0.6 is 9.24 Å². The van der Waals surface area contributed by atoms with Crippen molar-refractivity contribution in [1.82, 2.24) is 0 Å². The van der Waals surface area contributed by atoms with Gasteiger partial charge in [0.15, 0.2) is 0 Å². The van der Waals surface area contributed by atoms with E-state index in [-0.39, 0.29) is 11.2 Å². The molecule has 2 atom stereocenters. The van der Waals surface area contributed by atoms with Gasteiger partial charge in [0.25, 0.3) is 0 Å². The van der Waals surface area contributed by atoms with Gasteiger partial charge >= 0.3 is 0 Å². The van der Waals surface area contributed by atoms with Crippen LogP contribution in [0.2, 0.25) is 0 Å². The van der Waals surface area contributed by atoms with Gasteiger partial charge in [-0.25, -0.2) is 4.39 Å². The van der Waals surface area contributed by atoms with E-state index in [0.717, 1.165) is 24.8 Å². The molecule has 0 aromatic heterocycles. The van der Waals surface area contributed by atoms with Gasteiger partial charge in [0.1, 0.15) is 5.82 Å². The molecule has 0 N–H and O–H groups in total. The van der Waals surface area contributed by atoms with Crippen LogP contribution in [-0.4, -0.2) is 0 Å². The van der Waals surface area contributed by atoms with Gasteiger partial charge in [-0.3, -0.25) is 0 Å². The van der Waals surface area contributed by atoms with Gasteiger partial charge in [-0.2, -0.15) is 0 Å². The van der Waals surface area contributed by atoms with Gasteiger partial charge in [0, 0.05) is 0 Å². The van der Waals surface area contributed by atoms with E-state index in [2.05, 4.69) is 49.9 Å². The fourth-order valence-corrected chi connectivity index (χ4v) is 3.94. The molecule has 124 valence electrons. The molecule has 1 aromatic carbocycles. The lowest BCUT2D eigenvalue weighted by Gasteiger charge is -2.38. The Labute approximate surface area is 138 Å². The van der Waals surface area contributed by atoms with E-state index in [1.807, 2.05) is 13.0 Å². The maximum absolute atomic E-state index is 13.2. The molecule has 0 fully saturated rings. The first-order valence-corrected chi connectivity index (χ1v) is 9.05. The van der Waals surface area contributed by atoms with Crippen molar-refractivity contribution in [2.24, 2.45) is 17.3 Å². The molecule has 0 saturated carbocycles. The number of aryl methyl sites for hydroxylation is 1. The largest absolute Gasteiger partial charge is 0.207 e. The van der Waals surface area contributed by atoms with Crippen LogP contribution in [-0.2, 0) is 6.42 Å². The molecule has 0 aliphatic rings. The van der Waals surface area contributed by atoms with Crippen LogP contribution in [0.25, 0.3) is 0 Å². The predicted octanol–water partition coefficient (Wildman–Crippen LogP) is 6.53. The molecule has 0 radical (unpaired) electrons. The Morgan fingerprint density at radius 2 is 1.82 bits per heavy atom. The lowest BCUT2D eigenvalue weighted by Crippen LogP contribution is -2.29. The third kappa shape index (κ3) is 4.66. The van der Waals surface area contributed by atoms with Crippen molar-refractivity contribution in [2.45, 2.75) is 60.8 Å². The summed E-state index contributed by atoms with van der Waals surface area (Å²) in [5.41, 5.74) is 2.49. The third-order valence-electron chi connectivity index (χ3n) is 5.40. The average molecular weight is 322 g/mol. The Hall–Kier alpha value is -0.680. The van der Waals surface area contributed by atoms with E-state index in [9.17, 15) is 4.39 Å². The molecule has 2 heteroatoms. The van der Waals surface area contributed by atoms with Crippen molar-refractivity contribution in [3.05, 3.63) is 46.5 Å². The number of benzene rings is 1. The molecule has 0 aliphatic carbocycles. The molecule has 0 amide bonds. The van der Waals surface area contributed by atoms with Gasteiger partial charge in [-0.15, -0.1) is 9.24 Å². The van der Waals surface area contributed by atoms with E-state index in [0.29, 0.717) is 11.8 Å². The van der Waals surface area contributed by atoms with Crippen LogP contribution in [0.1, 0.15) is 58.6 Å². The van der Waals surface area contributed by atoms with Crippen LogP contribution in [0.15, 0.2) is 29.6 Å². The van der Waals surface area contributed by atoms with Crippen LogP contribution in [0, 0.1) is 30.0 Å². The van der Waals surface area contributed by atoms with E-state index in [1.165, 1.54) is 10.9 Å². The molecule has 1 rings (SSSR count). The number of rotatable bonds is 7. The predicted molar refractivity (Wildman–Crippen MR) is 99.7 cm³/mol. The molecule has 0 aliphatic heterocycles. The fraction of sp³-hybridized carbons (Fsp3) is 0.600. The second-order valence-corrected chi connectivity index (χ2v) is 7.68. The molecule has 2 unspecified atom stereocenters. The quantitative estimate of drug-likeness (QED) is 0.500. The summed E-state index contributed by atoms with van der Waals surface area (Å²) in [6.45, 7) is 13.6. The lowest BCUT2D eigenvalue weighted by molar-refractivity contribution is 0.173. The van der Waals surface area contributed by atoms with Gasteiger partial charge in [-0.1, -0.05) is 52.1 Å². The van der Waals surface area contributed by atoms with Gasteiger partial charge in [0.05, 0.1) is 0 Å². The second kappa shape index (κ2) is 8.25. The first-order chi connectivity index (χ1) is 10.3. The SMILES string of the molecule is CCC(/C=C(\P)Cc1ccc(F)cc1C)(CC)C(C)C(C)C. The van der Waals surface area contributed by atoms with Gasteiger partial charge in [0.2, 0.25) is 0 Å². The summed E-state index contributed by atoms with van der Waals surface area (Å²) < 4.78 is 13.2. The number of hydrogen-bond donors (Lipinski definition) is 0. The van der Waals surface area contributed by atoms with Crippen LogP contribution in [0.5, 0.6) is 0 Å². The molecule has 0 bridgehead atoms. The van der Waals surface area contributed by atoms with Crippen molar-refractivity contribution in [3.63, 3.8) is 0 Å². The molecule has 1 aromatic rings. The van der Waals surface area contributed by atoms with Gasteiger partial charge < -0.3 is 0 Å². The fourth-order valence-electron chi connectivity index (χ4n) is 3.39. The maximum atomic E-state index is 13.2. The van der Waals surface area contributed by atoms with Crippen molar-refractivity contribution >= 4 is 9.24 Å². The minimum absolute atomic E-state index is 0.152. The second-order valence-electron chi connectivity index (χ2n) is 6.94. The van der Waals surface area contributed by atoms with E-state index >= 15 is 0 Å². The zero-order valence-corrected chi connectivity index (χ0v) is 16.2. The molecular weight excluding hydrogens is 290 g/mol.